The Morgan fingerprint density at radius 3 is 2.24 bits per heavy atom. The highest BCUT2D eigenvalue weighted by Crippen LogP contribution is 2.26. The van der Waals surface area contributed by atoms with E-state index >= 15 is 0 Å². The van der Waals surface area contributed by atoms with Gasteiger partial charge in [-0.25, -0.2) is 4.39 Å². The molecule has 0 bridgehead atoms. The molecule has 21 heavy (non-hydrogen) atoms. The van der Waals surface area contributed by atoms with Gasteiger partial charge in [0.25, 0.3) is 0 Å². The maximum Gasteiger partial charge on any atom is 0.141 e. The topological polar surface area (TPSA) is 12.0 Å². The van der Waals surface area contributed by atoms with Crippen molar-refractivity contribution < 1.29 is 4.39 Å². The number of likely N-dealkylation sites (N-methyl/N-ethyl adjacent to an activating group) is 1. The summed E-state index contributed by atoms with van der Waals surface area (Å²) < 4.78 is 13.3. The largest absolute Gasteiger partial charge is 0.313 e. The number of benzene rings is 2. The van der Waals surface area contributed by atoms with Crippen molar-refractivity contribution in [2.45, 2.75) is 33.2 Å². The van der Waals surface area contributed by atoms with E-state index in [1.54, 1.807) is 12.1 Å². The zero-order chi connectivity index (χ0) is 15.6. The zero-order valence-electron chi connectivity index (χ0n) is 12.9. The van der Waals surface area contributed by atoms with E-state index in [1.807, 2.05) is 7.05 Å². The lowest BCUT2D eigenvalue weighted by molar-refractivity contribution is 0.583. The lowest BCUT2D eigenvalue weighted by Crippen LogP contribution is -2.20. The van der Waals surface area contributed by atoms with Crippen LogP contribution in [0.15, 0.2) is 30.3 Å². The van der Waals surface area contributed by atoms with E-state index < -0.39 is 0 Å². The number of hydrogen-bond acceptors (Lipinski definition) is 1. The third kappa shape index (κ3) is 3.63. The number of hydrogen-bond donors (Lipinski definition) is 1. The summed E-state index contributed by atoms with van der Waals surface area (Å²) in [7, 11) is 1.92. The summed E-state index contributed by atoms with van der Waals surface area (Å²) in [5.41, 5.74) is 6.20. The van der Waals surface area contributed by atoms with Crippen LogP contribution < -0.4 is 5.32 Å². The molecule has 0 radical (unpaired) electrons. The minimum atomic E-state index is -0.377. The smallest absolute Gasteiger partial charge is 0.141 e. The third-order valence-electron chi connectivity index (χ3n) is 3.94. The second kappa shape index (κ2) is 6.59. The van der Waals surface area contributed by atoms with E-state index in [0.29, 0.717) is 0 Å². The van der Waals surface area contributed by atoms with Crippen LogP contribution in [0.25, 0.3) is 0 Å². The molecule has 1 nitrogen and oxygen atoms in total. The Morgan fingerprint density at radius 1 is 1.10 bits per heavy atom. The predicted molar refractivity (Wildman–Crippen MR) is 87.6 cm³/mol. The highest BCUT2D eigenvalue weighted by Gasteiger charge is 2.15. The summed E-state index contributed by atoms with van der Waals surface area (Å²) in [6.45, 7) is 6.39. The van der Waals surface area contributed by atoms with Crippen LogP contribution in [0.5, 0.6) is 0 Å². The lowest BCUT2D eigenvalue weighted by atomic mass is 9.92. The van der Waals surface area contributed by atoms with Gasteiger partial charge in [-0.05, 0) is 68.6 Å². The average Bonchev–Trinajstić information content (AvgIpc) is 2.41. The molecule has 0 aliphatic heterocycles. The number of rotatable bonds is 4. The van der Waals surface area contributed by atoms with Crippen molar-refractivity contribution in [1.82, 2.24) is 5.32 Å². The second-order valence-corrected chi connectivity index (χ2v) is 6.00. The van der Waals surface area contributed by atoms with E-state index in [1.165, 1.54) is 28.3 Å². The van der Waals surface area contributed by atoms with Gasteiger partial charge in [0.15, 0.2) is 0 Å². The van der Waals surface area contributed by atoms with Gasteiger partial charge in [-0.2, -0.15) is 0 Å². The Morgan fingerprint density at radius 2 is 1.71 bits per heavy atom. The molecule has 0 amide bonds. The molecule has 0 fully saturated rings. The molecule has 0 aliphatic carbocycles. The fourth-order valence-electron chi connectivity index (χ4n) is 2.85. The van der Waals surface area contributed by atoms with Gasteiger partial charge < -0.3 is 5.32 Å². The van der Waals surface area contributed by atoms with Crippen LogP contribution in [0.2, 0.25) is 5.02 Å². The molecule has 2 aromatic rings. The van der Waals surface area contributed by atoms with E-state index in [-0.39, 0.29) is 16.9 Å². The first-order valence-corrected chi connectivity index (χ1v) is 7.49. The quantitative estimate of drug-likeness (QED) is 0.846. The average molecular weight is 306 g/mol. The third-order valence-corrected chi connectivity index (χ3v) is 4.23. The van der Waals surface area contributed by atoms with Gasteiger partial charge in [-0.1, -0.05) is 35.4 Å². The first-order chi connectivity index (χ1) is 9.92. The molecular weight excluding hydrogens is 285 g/mol. The van der Waals surface area contributed by atoms with Crippen molar-refractivity contribution in [3.8, 4) is 0 Å². The molecule has 112 valence electrons. The Bertz CT molecular complexity index is 629. The highest BCUT2D eigenvalue weighted by molar-refractivity contribution is 6.30. The monoisotopic (exact) mass is 305 g/mol. The molecule has 0 saturated heterocycles. The summed E-state index contributed by atoms with van der Waals surface area (Å²) in [6, 6.07) is 9.44. The summed E-state index contributed by atoms with van der Waals surface area (Å²) in [6.07, 6.45) is 0.858. The van der Waals surface area contributed by atoms with Gasteiger partial charge in [0, 0.05) is 6.04 Å². The van der Waals surface area contributed by atoms with E-state index in [0.717, 1.165) is 12.0 Å². The van der Waals surface area contributed by atoms with Gasteiger partial charge in [-0.3, -0.25) is 0 Å². The summed E-state index contributed by atoms with van der Waals surface area (Å²) in [5, 5.41) is 3.47. The molecule has 1 unspecified atom stereocenters. The van der Waals surface area contributed by atoms with Crippen LogP contribution in [-0.2, 0) is 6.42 Å². The van der Waals surface area contributed by atoms with Crippen molar-refractivity contribution in [1.29, 1.82) is 0 Å². The van der Waals surface area contributed by atoms with Crippen LogP contribution in [0.1, 0.15) is 33.9 Å². The molecule has 3 heteroatoms. The van der Waals surface area contributed by atoms with Gasteiger partial charge in [-0.15, -0.1) is 0 Å². The summed E-state index contributed by atoms with van der Waals surface area (Å²) in [5.74, 6) is -0.377. The molecule has 2 rings (SSSR count). The minimum Gasteiger partial charge on any atom is -0.313 e. The van der Waals surface area contributed by atoms with Crippen molar-refractivity contribution in [3.05, 3.63) is 69.0 Å². The van der Waals surface area contributed by atoms with Crippen molar-refractivity contribution in [2.75, 3.05) is 7.05 Å². The van der Waals surface area contributed by atoms with Gasteiger partial charge in [0.05, 0.1) is 5.02 Å². The second-order valence-electron chi connectivity index (χ2n) is 5.60. The maximum atomic E-state index is 13.3. The van der Waals surface area contributed by atoms with E-state index in [9.17, 15) is 4.39 Å². The van der Waals surface area contributed by atoms with Gasteiger partial charge in [0.2, 0.25) is 0 Å². The van der Waals surface area contributed by atoms with Crippen molar-refractivity contribution in [2.24, 2.45) is 0 Å². The van der Waals surface area contributed by atoms with Crippen LogP contribution >= 0.6 is 11.6 Å². The van der Waals surface area contributed by atoms with E-state index in [2.05, 4.69) is 38.2 Å². The van der Waals surface area contributed by atoms with E-state index in [4.69, 9.17) is 11.6 Å². The van der Waals surface area contributed by atoms with Gasteiger partial charge >= 0.3 is 0 Å². The summed E-state index contributed by atoms with van der Waals surface area (Å²) >= 11 is 5.90. The molecule has 1 N–H and O–H groups in total. The normalized spacial score (nSPS) is 12.5. The summed E-state index contributed by atoms with van der Waals surface area (Å²) in [4.78, 5) is 0. The Kier molecular flexibility index (Phi) is 5.02. The molecular formula is C18H21ClFN. The fourth-order valence-corrected chi connectivity index (χ4v) is 3.04. The molecule has 0 aliphatic rings. The maximum absolute atomic E-state index is 13.3. The SMILES string of the molecule is CNC(Cc1c(C)cc(C)cc1C)c1ccc(F)c(Cl)c1. The van der Waals surface area contributed by atoms with Crippen LogP contribution in [0, 0.1) is 26.6 Å². The first kappa shape index (κ1) is 16.0. The highest BCUT2D eigenvalue weighted by atomic mass is 35.5. The van der Waals surface area contributed by atoms with Crippen molar-refractivity contribution >= 4 is 11.6 Å². The van der Waals surface area contributed by atoms with Crippen LogP contribution in [0.3, 0.4) is 0 Å². The molecule has 0 heterocycles. The lowest BCUT2D eigenvalue weighted by Gasteiger charge is -2.20. The molecule has 2 aromatic carbocycles. The van der Waals surface area contributed by atoms with Crippen LogP contribution in [0.4, 0.5) is 4.39 Å². The predicted octanol–water partition coefficient (Wildman–Crippen LogP) is 4.91. The Labute approximate surface area is 131 Å². The molecule has 0 aromatic heterocycles. The van der Waals surface area contributed by atoms with Gasteiger partial charge in [0.1, 0.15) is 5.82 Å². The Hall–Kier alpha value is -1.38. The minimum absolute atomic E-state index is 0.114. The molecule has 0 saturated carbocycles. The fraction of sp³-hybridized carbons (Fsp3) is 0.333. The first-order valence-electron chi connectivity index (χ1n) is 7.11. The number of halogens is 2. The molecule has 1 atom stereocenters. The number of aryl methyl sites for hydroxylation is 3. The Balaban J connectivity index is 2.33. The zero-order valence-corrected chi connectivity index (χ0v) is 13.7. The molecule has 0 spiro atoms. The standard InChI is InChI=1S/C18H21ClFN/c1-11-7-12(2)15(13(3)8-11)10-18(21-4)14-5-6-17(20)16(19)9-14/h5-9,18,21H,10H2,1-4H3. The number of nitrogens with one attached hydrogen (secondary N) is 1. The van der Waals surface area contributed by atoms with Crippen molar-refractivity contribution in [3.63, 3.8) is 0 Å². The van der Waals surface area contributed by atoms with Crippen LogP contribution in [-0.4, -0.2) is 7.05 Å².